The van der Waals surface area contributed by atoms with E-state index in [-0.39, 0.29) is 18.2 Å². The van der Waals surface area contributed by atoms with E-state index < -0.39 is 12.1 Å². The SMILES string of the molecule is CNC[C@@H](O)[C@H](c1ccccc1F)n1ccc2ccccc21.Cl. The molecule has 0 unspecified atom stereocenters. The van der Waals surface area contributed by atoms with Crippen molar-refractivity contribution in [3.8, 4) is 0 Å². The Morgan fingerprint density at radius 3 is 2.52 bits per heavy atom. The van der Waals surface area contributed by atoms with Crippen LogP contribution in [0.5, 0.6) is 0 Å². The standard InChI is InChI=1S/C18H19FN2O.ClH/c1-20-12-17(22)18(14-7-3-4-8-15(14)19)21-11-10-13-6-2-5-9-16(13)21;/h2-11,17-18,20,22H,12H2,1H3;1H/t17-,18+;/m1./s1. The smallest absolute Gasteiger partial charge is 0.128 e. The van der Waals surface area contributed by atoms with Crippen molar-refractivity contribution in [2.24, 2.45) is 0 Å². The molecule has 0 radical (unpaired) electrons. The molecule has 2 aromatic carbocycles. The van der Waals surface area contributed by atoms with Gasteiger partial charge in [-0.2, -0.15) is 0 Å². The molecular formula is C18H20ClFN2O. The van der Waals surface area contributed by atoms with Crippen LogP contribution in [0.15, 0.2) is 60.8 Å². The van der Waals surface area contributed by atoms with Gasteiger partial charge in [0.2, 0.25) is 0 Å². The molecule has 2 N–H and O–H groups in total. The molecule has 1 aromatic heterocycles. The molecule has 0 spiro atoms. The average Bonchev–Trinajstić information content (AvgIpc) is 2.94. The van der Waals surface area contributed by atoms with Crippen molar-refractivity contribution in [3.63, 3.8) is 0 Å². The Hall–Kier alpha value is -1.88. The summed E-state index contributed by atoms with van der Waals surface area (Å²) in [5.41, 5.74) is 1.47. The molecule has 3 rings (SSSR count). The summed E-state index contributed by atoms with van der Waals surface area (Å²) in [6.45, 7) is 0.380. The molecule has 0 bridgehead atoms. The van der Waals surface area contributed by atoms with Crippen LogP contribution in [0.2, 0.25) is 0 Å². The number of fused-ring (bicyclic) bond motifs is 1. The fraction of sp³-hybridized carbons (Fsp3) is 0.222. The molecule has 0 aliphatic rings. The summed E-state index contributed by atoms with van der Waals surface area (Å²) in [5.74, 6) is -0.305. The molecule has 3 nitrogen and oxygen atoms in total. The van der Waals surface area contributed by atoms with Crippen molar-refractivity contribution in [1.82, 2.24) is 9.88 Å². The van der Waals surface area contributed by atoms with E-state index >= 15 is 0 Å². The summed E-state index contributed by atoms with van der Waals surface area (Å²) >= 11 is 0. The minimum Gasteiger partial charge on any atom is -0.389 e. The van der Waals surface area contributed by atoms with Gasteiger partial charge in [-0.1, -0.05) is 36.4 Å². The number of hydrogen-bond donors (Lipinski definition) is 2. The molecule has 0 saturated heterocycles. The number of benzene rings is 2. The number of halogens is 2. The number of nitrogens with one attached hydrogen (secondary N) is 1. The van der Waals surface area contributed by atoms with Gasteiger partial charge in [0.05, 0.1) is 12.1 Å². The van der Waals surface area contributed by atoms with E-state index in [1.807, 2.05) is 41.1 Å². The largest absolute Gasteiger partial charge is 0.389 e. The van der Waals surface area contributed by atoms with Gasteiger partial charge < -0.3 is 15.0 Å². The molecule has 0 aliphatic carbocycles. The zero-order valence-electron chi connectivity index (χ0n) is 12.8. The number of rotatable bonds is 5. The average molecular weight is 335 g/mol. The predicted molar refractivity (Wildman–Crippen MR) is 93.7 cm³/mol. The van der Waals surface area contributed by atoms with Gasteiger partial charge in [-0.3, -0.25) is 0 Å². The molecule has 1 heterocycles. The molecule has 2 atom stereocenters. The highest BCUT2D eigenvalue weighted by Crippen LogP contribution is 2.29. The van der Waals surface area contributed by atoms with Gasteiger partial charge in [0.25, 0.3) is 0 Å². The molecule has 5 heteroatoms. The van der Waals surface area contributed by atoms with E-state index in [2.05, 4.69) is 5.32 Å². The molecule has 0 fully saturated rings. The maximum absolute atomic E-state index is 14.3. The number of para-hydroxylation sites is 1. The minimum absolute atomic E-state index is 0. The van der Waals surface area contributed by atoms with Crippen molar-refractivity contribution < 1.29 is 9.50 Å². The first-order valence-electron chi connectivity index (χ1n) is 7.35. The monoisotopic (exact) mass is 334 g/mol. The number of likely N-dealkylation sites (N-methyl/N-ethyl adjacent to an activating group) is 1. The molecule has 0 amide bonds. The zero-order valence-corrected chi connectivity index (χ0v) is 13.6. The Labute approximate surface area is 141 Å². The van der Waals surface area contributed by atoms with Crippen molar-refractivity contribution >= 4 is 23.3 Å². The molecule has 0 aliphatic heterocycles. The summed E-state index contributed by atoms with van der Waals surface area (Å²) in [5, 5.41) is 14.6. The quantitative estimate of drug-likeness (QED) is 0.750. The van der Waals surface area contributed by atoms with E-state index in [1.165, 1.54) is 6.07 Å². The van der Waals surface area contributed by atoms with Gasteiger partial charge in [0.1, 0.15) is 5.82 Å². The third-order valence-electron chi connectivity index (χ3n) is 3.93. The van der Waals surface area contributed by atoms with E-state index in [0.717, 1.165) is 10.9 Å². The Kier molecular flexibility index (Phi) is 5.77. The van der Waals surface area contributed by atoms with Gasteiger partial charge in [-0.05, 0) is 30.6 Å². The summed E-state index contributed by atoms with van der Waals surface area (Å²) < 4.78 is 16.2. The highest BCUT2D eigenvalue weighted by atomic mass is 35.5. The fourth-order valence-corrected chi connectivity index (χ4v) is 2.93. The first-order chi connectivity index (χ1) is 10.7. The van der Waals surface area contributed by atoms with E-state index in [1.54, 1.807) is 25.2 Å². The summed E-state index contributed by atoms with van der Waals surface area (Å²) in [7, 11) is 1.77. The third-order valence-corrected chi connectivity index (χ3v) is 3.93. The highest BCUT2D eigenvalue weighted by Gasteiger charge is 2.25. The van der Waals surface area contributed by atoms with E-state index in [9.17, 15) is 9.50 Å². The molecule has 122 valence electrons. The van der Waals surface area contributed by atoms with Crippen LogP contribution < -0.4 is 5.32 Å². The number of aliphatic hydroxyl groups excluding tert-OH is 1. The van der Waals surface area contributed by atoms with Crippen LogP contribution in [-0.2, 0) is 0 Å². The van der Waals surface area contributed by atoms with Crippen LogP contribution in [0.3, 0.4) is 0 Å². The number of aromatic nitrogens is 1. The molecular weight excluding hydrogens is 315 g/mol. The summed E-state index contributed by atoms with van der Waals surface area (Å²) in [4.78, 5) is 0. The molecule has 3 aromatic rings. The third kappa shape index (κ3) is 3.39. The fourth-order valence-electron chi connectivity index (χ4n) is 2.93. The minimum atomic E-state index is -0.738. The van der Waals surface area contributed by atoms with Crippen molar-refractivity contribution in [3.05, 3.63) is 72.2 Å². The lowest BCUT2D eigenvalue weighted by atomic mass is 10.00. The number of hydrogen-bond acceptors (Lipinski definition) is 2. The van der Waals surface area contributed by atoms with Gasteiger partial charge in [0, 0.05) is 23.8 Å². The Morgan fingerprint density at radius 1 is 1.09 bits per heavy atom. The first-order valence-corrected chi connectivity index (χ1v) is 7.35. The van der Waals surface area contributed by atoms with E-state index in [4.69, 9.17) is 0 Å². The highest BCUT2D eigenvalue weighted by molar-refractivity contribution is 5.85. The van der Waals surface area contributed by atoms with Crippen LogP contribution >= 0.6 is 12.4 Å². The second-order valence-electron chi connectivity index (χ2n) is 5.37. The number of aliphatic hydroxyl groups is 1. The topological polar surface area (TPSA) is 37.2 Å². The normalized spacial score (nSPS) is 13.5. The second-order valence-corrected chi connectivity index (χ2v) is 5.37. The van der Waals surface area contributed by atoms with Crippen LogP contribution in [0.25, 0.3) is 10.9 Å². The van der Waals surface area contributed by atoms with Crippen LogP contribution in [0, 0.1) is 5.82 Å². The Morgan fingerprint density at radius 2 is 1.78 bits per heavy atom. The van der Waals surface area contributed by atoms with Gasteiger partial charge in [0.15, 0.2) is 0 Å². The van der Waals surface area contributed by atoms with E-state index in [0.29, 0.717) is 12.1 Å². The molecule has 0 saturated carbocycles. The van der Waals surface area contributed by atoms with Crippen LogP contribution in [-0.4, -0.2) is 29.4 Å². The van der Waals surface area contributed by atoms with Crippen LogP contribution in [0.4, 0.5) is 4.39 Å². The lowest BCUT2D eigenvalue weighted by molar-refractivity contribution is 0.130. The number of nitrogens with zero attached hydrogens (tertiary/aromatic N) is 1. The lowest BCUT2D eigenvalue weighted by Gasteiger charge is -2.26. The van der Waals surface area contributed by atoms with Crippen molar-refractivity contribution in [2.75, 3.05) is 13.6 Å². The maximum atomic E-state index is 14.3. The lowest BCUT2D eigenvalue weighted by Crippen LogP contribution is -2.33. The Balaban J connectivity index is 0.00000192. The molecule has 23 heavy (non-hydrogen) atoms. The van der Waals surface area contributed by atoms with Gasteiger partial charge in [-0.15, -0.1) is 12.4 Å². The first kappa shape index (κ1) is 17.5. The van der Waals surface area contributed by atoms with Crippen LogP contribution in [0.1, 0.15) is 11.6 Å². The zero-order chi connectivity index (χ0) is 15.5. The summed E-state index contributed by atoms with van der Waals surface area (Å²) in [6.07, 6.45) is 1.17. The van der Waals surface area contributed by atoms with Crippen molar-refractivity contribution in [1.29, 1.82) is 0 Å². The maximum Gasteiger partial charge on any atom is 0.128 e. The Bertz CT molecular complexity index is 774. The van der Waals surface area contributed by atoms with Gasteiger partial charge >= 0.3 is 0 Å². The van der Waals surface area contributed by atoms with Crippen molar-refractivity contribution in [2.45, 2.75) is 12.1 Å². The summed E-state index contributed by atoms with van der Waals surface area (Å²) in [6, 6.07) is 16.0. The predicted octanol–water partition coefficient (Wildman–Crippen LogP) is 3.37. The second kappa shape index (κ2) is 7.59. The van der Waals surface area contributed by atoms with Gasteiger partial charge in [-0.25, -0.2) is 4.39 Å².